The molecule has 5 rings (SSSR count). The fourth-order valence-electron chi connectivity index (χ4n) is 6.19. The summed E-state index contributed by atoms with van der Waals surface area (Å²) in [4.78, 5) is 44.0. The van der Waals surface area contributed by atoms with Gasteiger partial charge >= 0.3 is 5.97 Å². The van der Waals surface area contributed by atoms with Gasteiger partial charge in [-0.2, -0.15) is 0 Å². The number of carbonyl (C=O) groups excluding carboxylic acids is 3. The minimum atomic E-state index is -0.582. The number of hydrogen-bond donors (Lipinski definition) is 1. The van der Waals surface area contributed by atoms with Crippen LogP contribution in [0, 0.1) is 11.8 Å². The maximum atomic E-state index is 13.8. The highest BCUT2D eigenvalue weighted by Gasteiger charge is 2.39. The van der Waals surface area contributed by atoms with Gasteiger partial charge in [0.2, 0.25) is 11.8 Å². The van der Waals surface area contributed by atoms with E-state index in [2.05, 4.69) is 58.7 Å². The molecule has 0 bridgehead atoms. The zero-order chi connectivity index (χ0) is 28.8. The normalized spacial score (nSPS) is 19.5. The summed E-state index contributed by atoms with van der Waals surface area (Å²) >= 11 is 6.08. The van der Waals surface area contributed by atoms with Crippen LogP contribution in [0.4, 0.5) is 5.69 Å². The van der Waals surface area contributed by atoms with Crippen LogP contribution in [0.2, 0.25) is 5.02 Å². The molecule has 2 amide bonds. The van der Waals surface area contributed by atoms with Gasteiger partial charge in [0, 0.05) is 43.0 Å². The van der Waals surface area contributed by atoms with E-state index in [1.807, 2.05) is 17.0 Å². The van der Waals surface area contributed by atoms with Gasteiger partial charge in [-0.3, -0.25) is 14.5 Å². The Morgan fingerprint density at radius 3 is 2.00 bits per heavy atom. The maximum absolute atomic E-state index is 13.8. The summed E-state index contributed by atoms with van der Waals surface area (Å²) in [5, 5.41) is 3.26. The SMILES string of the molecule is COC(=O)c1cc(Cl)ccc1NC(=O)C1CCCCC1C(=O)N1CCN(C(c2ccccc2)c2ccccc2)CC1. The quantitative estimate of drug-likeness (QED) is 0.361. The van der Waals surface area contributed by atoms with Crippen LogP contribution in [0.25, 0.3) is 0 Å². The number of amides is 2. The molecule has 2 fully saturated rings. The van der Waals surface area contributed by atoms with Gasteiger partial charge in [-0.1, -0.05) is 85.1 Å². The Morgan fingerprint density at radius 1 is 0.829 bits per heavy atom. The average Bonchev–Trinajstić information content (AvgIpc) is 3.02. The van der Waals surface area contributed by atoms with Gasteiger partial charge in [0.1, 0.15) is 0 Å². The number of nitrogens with zero attached hydrogens (tertiary/aromatic N) is 2. The Morgan fingerprint density at radius 2 is 1.41 bits per heavy atom. The monoisotopic (exact) mass is 573 g/mol. The zero-order valence-electron chi connectivity index (χ0n) is 23.3. The van der Waals surface area contributed by atoms with Crippen LogP contribution in [-0.4, -0.2) is 60.9 Å². The van der Waals surface area contributed by atoms with E-state index >= 15 is 0 Å². The lowest BCUT2D eigenvalue weighted by Gasteiger charge is -2.42. The second kappa shape index (κ2) is 13.3. The number of methoxy groups -OCH3 is 1. The molecule has 1 N–H and O–H groups in total. The molecule has 1 saturated carbocycles. The number of esters is 1. The van der Waals surface area contributed by atoms with Crippen molar-refractivity contribution in [1.29, 1.82) is 0 Å². The molecule has 2 unspecified atom stereocenters. The third-order valence-electron chi connectivity index (χ3n) is 8.29. The molecule has 0 radical (unpaired) electrons. The Hall–Kier alpha value is -3.68. The van der Waals surface area contributed by atoms with E-state index in [9.17, 15) is 14.4 Å². The van der Waals surface area contributed by atoms with Crippen LogP contribution in [0.3, 0.4) is 0 Å². The maximum Gasteiger partial charge on any atom is 0.340 e. The van der Waals surface area contributed by atoms with Crippen molar-refractivity contribution < 1.29 is 19.1 Å². The third kappa shape index (κ3) is 6.63. The molecule has 41 heavy (non-hydrogen) atoms. The fourth-order valence-corrected chi connectivity index (χ4v) is 6.36. The molecule has 1 aliphatic heterocycles. The summed E-state index contributed by atoms with van der Waals surface area (Å²) in [7, 11) is 1.28. The first-order chi connectivity index (χ1) is 20.0. The van der Waals surface area contributed by atoms with Gasteiger partial charge in [0.05, 0.1) is 24.4 Å². The van der Waals surface area contributed by atoms with E-state index in [0.29, 0.717) is 36.6 Å². The highest BCUT2D eigenvalue weighted by molar-refractivity contribution is 6.31. The van der Waals surface area contributed by atoms with Crippen molar-refractivity contribution in [2.24, 2.45) is 11.8 Å². The Bertz CT molecular complexity index is 1320. The molecule has 214 valence electrons. The molecule has 3 aromatic rings. The molecular formula is C33H36ClN3O4. The van der Waals surface area contributed by atoms with Crippen LogP contribution >= 0.6 is 11.6 Å². The first-order valence-electron chi connectivity index (χ1n) is 14.3. The lowest BCUT2D eigenvalue weighted by atomic mass is 9.77. The molecule has 1 saturated heterocycles. The van der Waals surface area contributed by atoms with Gasteiger partial charge in [0.15, 0.2) is 0 Å². The second-order valence-corrected chi connectivity index (χ2v) is 11.2. The van der Waals surface area contributed by atoms with E-state index in [1.165, 1.54) is 24.3 Å². The first-order valence-corrected chi connectivity index (χ1v) is 14.7. The van der Waals surface area contributed by atoms with E-state index in [4.69, 9.17) is 16.3 Å². The van der Waals surface area contributed by atoms with Gasteiger partial charge < -0.3 is 15.0 Å². The summed E-state index contributed by atoms with van der Waals surface area (Å²) in [5.41, 5.74) is 2.99. The van der Waals surface area contributed by atoms with Gasteiger partial charge in [-0.15, -0.1) is 0 Å². The van der Waals surface area contributed by atoms with Crippen LogP contribution in [0.15, 0.2) is 78.9 Å². The molecule has 0 spiro atoms. The van der Waals surface area contributed by atoms with Crippen molar-refractivity contribution in [2.75, 3.05) is 38.6 Å². The summed E-state index contributed by atoms with van der Waals surface area (Å²) in [5.74, 6) is -1.63. The van der Waals surface area contributed by atoms with Gasteiger partial charge in [-0.05, 0) is 42.2 Å². The van der Waals surface area contributed by atoms with E-state index in [1.54, 1.807) is 12.1 Å². The molecule has 2 atom stereocenters. The molecule has 1 aliphatic carbocycles. The predicted molar refractivity (Wildman–Crippen MR) is 160 cm³/mol. The number of ether oxygens (including phenoxy) is 1. The highest BCUT2D eigenvalue weighted by Crippen LogP contribution is 2.35. The number of benzene rings is 3. The lowest BCUT2D eigenvalue weighted by Crippen LogP contribution is -2.53. The van der Waals surface area contributed by atoms with E-state index < -0.39 is 11.9 Å². The highest BCUT2D eigenvalue weighted by atomic mass is 35.5. The van der Waals surface area contributed by atoms with Gasteiger partial charge in [0.25, 0.3) is 0 Å². The molecule has 8 heteroatoms. The molecular weight excluding hydrogens is 538 g/mol. The number of piperazine rings is 1. The van der Waals surface area contributed by atoms with Crippen LogP contribution in [0.5, 0.6) is 0 Å². The van der Waals surface area contributed by atoms with Crippen molar-refractivity contribution in [3.05, 3.63) is 101 Å². The zero-order valence-corrected chi connectivity index (χ0v) is 24.1. The topological polar surface area (TPSA) is 78.9 Å². The Kier molecular flexibility index (Phi) is 9.37. The number of rotatable bonds is 7. The Labute approximate surface area is 246 Å². The number of nitrogens with one attached hydrogen (secondary N) is 1. The van der Waals surface area contributed by atoms with Crippen molar-refractivity contribution in [1.82, 2.24) is 9.80 Å². The summed E-state index contributed by atoms with van der Waals surface area (Å²) < 4.78 is 4.87. The number of carbonyl (C=O) groups is 3. The van der Waals surface area contributed by atoms with E-state index in [0.717, 1.165) is 25.9 Å². The summed E-state index contributed by atoms with van der Waals surface area (Å²) in [6.45, 7) is 2.72. The Balaban J connectivity index is 1.27. The molecule has 2 aliphatic rings. The standard InChI is InChI=1S/C33H36ClN3O4/c1-41-33(40)28-22-25(34)16-17-29(28)35-31(38)26-14-8-9-15-27(26)32(39)37-20-18-36(19-21-37)30(23-10-4-2-5-11-23)24-12-6-3-7-13-24/h2-7,10-13,16-17,22,26-27,30H,8-9,14-15,18-21H2,1H3,(H,35,38). The van der Waals surface area contributed by atoms with Crippen LogP contribution in [-0.2, 0) is 14.3 Å². The third-order valence-corrected chi connectivity index (χ3v) is 8.52. The van der Waals surface area contributed by atoms with Crippen molar-refractivity contribution in [3.8, 4) is 0 Å². The molecule has 3 aromatic carbocycles. The van der Waals surface area contributed by atoms with Crippen LogP contribution < -0.4 is 5.32 Å². The smallest absolute Gasteiger partial charge is 0.340 e. The molecule has 1 heterocycles. The minimum absolute atomic E-state index is 0.0461. The van der Waals surface area contributed by atoms with Crippen molar-refractivity contribution in [3.63, 3.8) is 0 Å². The number of halogens is 1. The molecule has 7 nitrogen and oxygen atoms in total. The average molecular weight is 574 g/mol. The minimum Gasteiger partial charge on any atom is -0.465 e. The van der Waals surface area contributed by atoms with Crippen molar-refractivity contribution in [2.45, 2.75) is 31.7 Å². The largest absolute Gasteiger partial charge is 0.465 e. The summed E-state index contributed by atoms with van der Waals surface area (Å²) in [6.07, 6.45) is 3.11. The van der Waals surface area contributed by atoms with E-state index in [-0.39, 0.29) is 29.3 Å². The van der Waals surface area contributed by atoms with Gasteiger partial charge in [-0.25, -0.2) is 4.79 Å². The summed E-state index contributed by atoms with van der Waals surface area (Å²) in [6, 6.07) is 25.8. The fraction of sp³-hybridized carbons (Fsp3) is 0.364. The van der Waals surface area contributed by atoms with Crippen LogP contribution in [0.1, 0.15) is 53.2 Å². The second-order valence-electron chi connectivity index (χ2n) is 10.8. The number of anilines is 1. The first kappa shape index (κ1) is 28.8. The number of hydrogen-bond acceptors (Lipinski definition) is 5. The molecule has 0 aromatic heterocycles. The van der Waals surface area contributed by atoms with Crippen molar-refractivity contribution >= 4 is 35.1 Å². The predicted octanol–water partition coefficient (Wildman–Crippen LogP) is 5.81. The lowest BCUT2D eigenvalue weighted by molar-refractivity contribution is -0.144.